The summed E-state index contributed by atoms with van der Waals surface area (Å²) in [5, 5.41) is 14.2. The van der Waals surface area contributed by atoms with E-state index < -0.39 is 0 Å². The summed E-state index contributed by atoms with van der Waals surface area (Å²) in [5.74, 6) is 0. The molecule has 90 valence electrons. The molecule has 1 aromatic heterocycles. The predicted octanol–water partition coefficient (Wildman–Crippen LogP) is 2.15. The summed E-state index contributed by atoms with van der Waals surface area (Å²) in [7, 11) is 1.69. The van der Waals surface area contributed by atoms with Gasteiger partial charge in [-0.3, -0.25) is 0 Å². The normalized spacial score (nSPS) is 25.6. The van der Waals surface area contributed by atoms with Crippen LogP contribution in [0.15, 0.2) is 12.1 Å². The maximum Gasteiger partial charge on any atom is 0.173 e. The molecular formula is C12H19NO2S. The maximum atomic E-state index is 9.81. The molecule has 3 nitrogen and oxygen atoms in total. The van der Waals surface area contributed by atoms with Crippen molar-refractivity contribution in [1.82, 2.24) is 5.32 Å². The van der Waals surface area contributed by atoms with Gasteiger partial charge in [-0.05, 0) is 25.0 Å². The van der Waals surface area contributed by atoms with E-state index in [0.717, 1.165) is 30.9 Å². The molecule has 0 amide bonds. The fourth-order valence-corrected chi connectivity index (χ4v) is 2.91. The van der Waals surface area contributed by atoms with Crippen LogP contribution in [0.25, 0.3) is 0 Å². The topological polar surface area (TPSA) is 41.5 Å². The number of aliphatic hydroxyl groups is 1. The standard InChI is InChI=1S/C12H19NO2S/c1-15-12-7-6-9(16-12)8-13-10-4-2-3-5-11(10)14/h6-7,10-11,13-14H,2-5,8H2,1H3. The fraction of sp³-hybridized carbons (Fsp3) is 0.667. The molecule has 1 heterocycles. The number of hydrogen-bond donors (Lipinski definition) is 2. The van der Waals surface area contributed by atoms with Crippen molar-refractivity contribution in [1.29, 1.82) is 0 Å². The molecule has 1 aromatic rings. The molecule has 1 saturated carbocycles. The van der Waals surface area contributed by atoms with Crippen molar-refractivity contribution in [2.45, 2.75) is 44.4 Å². The number of methoxy groups -OCH3 is 1. The van der Waals surface area contributed by atoms with E-state index in [4.69, 9.17) is 4.74 Å². The van der Waals surface area contributed by atoms with Crippen molar-refractivity contribution in [3.05, 3.63) is 17.0 Å². The van der Waals surface area contributed by atoms with Crippen LogP contribution in [-0.2, 0) is 6.54 Å². The van der Waals surface area contributed by atoms with Crippen molar-refractivity contribution < 1.29 is 9.84 Å². The number of aliphatic hydroxyl groups excluding tert-OH is 1. The summed E-state index contributed by atoms with van der Waals surface area (Å²) < 4.78 is 5.15. The number of rotatable bonds is 4. The predicted molar refractivity (Wildman–Crippen MR) is 66.0 cm³/mol. The monoisotopic (exact) mass is 241 g/mol. The first-order valence-corrected chi connectivity index (χ1v) is 6.65. The zero-order valence-corrected chi connectivity index (χ0v) is 10.4. The Bertz CT molecular complexity index is 327. The lowest BCUT2D eigenvalue weighted by atomic mass is 9.92. The number of nitrogens with one attached hydrogen (secondary N) is 1. The largest absolute Gasteiger partial charge is 0.487 e. The van der Waals surface area contributed by atoms with E-state index in [1.807, 2.05) is 6.07 Å². The van der Waals surface area contributed by atoms with Gasteiger partial charge in [0.2, 0.25) is 0 Å². The Morgan fingerprint density at radius 2 is 2.25 bits per heavy atom. The Balaban J connectivity index is 1.81. The highest BCUT2D eigenvalue weighted by molar-refractivity contribution is 7.13. The minimum atomic E-state index is -0.171. The summed E-state index contributed by atoms with van der Waals surface area (Å²) in [5.41, 5.74) is 0. The van der Waals surface area contributed by atoms with Gasteiger partial charge in [-0.25, -0.2) is 0 Å². The third kappa shape index (κ3) is 2.97. The second-order valence-electron chi connectivity index (χ2n) is 4.26. The summed E-state index contributed by atoms with van der Waals surface area (Å²) in [6, 6.07) is 4.33. The van der Waals surface area contributed by atoms with Crippen LogP contribution in [0, 0.1) is 0 Å². The van der Waals surface area contributed by atoms with Gasteiger partial charge < -0.3 is 15.2 Å². The lowest BCUT2D eigenvalue weighted by molar-refractivity contribution is 0.0904. The van der Waals surface area contributed by atoms with E-state index in [2.05, 4.69) is 11.4 Å². The zero-order valence-electron chi connectivity index (χ0n) is 9.61. The van der Waals surface area contributed by atoms with Crippen molar-refractivity contribution in [3.63, 3.8) is 0 Å². The summed E-state index contributed by atoms with van der Waals surface area (Å²) in [6.45, 7) is 0.829. The third-order valence-electron chi connectivity index (χ3n) is 3.11. The number of ether oxygens (including phenoxy) is 1. The molecule has 0 aliphatic heterocycles. The lowest BCUT2D eigenvalue weighted by Gasteiger charge is -2.28. The smallest absolute Gasteiger partial charge is 0.173 e. The average Bonchev–Trinajstić information content (AvgIpc) is 2.76. The van der Waals surface area contributed by atoms with Crippen molar-refractivity contribution >= 4 is 11.3 Å². The lowest BCUT2D eigenvalue weighted by Crippen LogP contribution is -2.41. The molecule has 0 bridgehead atoms. The van der Waals surface area contributed by atoms with Crippen molar-refractivity contribution in [2.75, 3.05) is 7.11 Å². The highest BCUT2D eigenvalue weighted by atomic mass is 32.1. The van der Waals surface area contributed by atoms with Gasteiger partial charge in [0.15, 0.2) is 5.06 Å². The Kier molecular flexibility index (Phi) is 4.21. The number of hydrogen-bond acceptors (Lipinski definition) is 4. The van der Waals surface area contributed by atoms with Gasteiger partial charge in [-0.1, -0.05) is 12.8 Å². The van der Waals surface area contributed by atoms with Crippen molar-refractivity contribution in [2.24, 2.45) is 0 Å². The van der Waals surface area contributed by atoms with E-state index in [1.54, 1.807) is 18.4 Å². The minimum Gasteiger partial charge on any atom is -0.487 e. The molecule has 1 aliphatic rings. The molecule has 1 aliphatic carbocycles. The first-order valence-electron chi connectivity index (χ1n) is 5.84. The Morgan fingerprint density at radius 3 is 2.94 bits per heavy atom. The Labute approximate surface area is 100 Å². The molecule has 4 heteroatoms. The Hall–Kier alpha value is -0.580. The molecule has 0 spiro atoms. The second kappa shape index (κ2) is 5.66. The van der Waals surface area contributed by atoms with Crippen LogP contribution in [0.4, 0.5) is 0 Å². The molecule has 2 unspecified atom stereocenters. The number of thiophene rings is 1. The van der Waals surface area contributed by atoms with Crippen LogP contribution in [-0.4, -0.2) is 24.4 Å². The van der Waals surface area contributed by atoms with E-state index in [9.17, 15) is 5.11 Å². The summed E-state index contributed by atoms with van der Waals surface area (Å²) >= 11 is 1.66. The highest BCUT2D eigenvalue weighted by Gasteiger charge is 2.22. The van der Waals surface area contributed by atoms with E-state index >= 15 is 0 Å². The molecule has 0 aromatic carbocycles. The highest BCUT2D eigenvalue weighted by Crippen LogP contribution is 2.24. The molecule has 2 atom stereocenters. The molecule has 1 fully saturated rings. The van der Waals surface area contributed by atoms with Crippen LogP contribution < -0.4 is 10.1 Å². The average molecular weight is 241 g/mol. The second-order valence-corrected chi connectivity index (χ2v) is 5.39. The SMILES string of the molecule is COc1ccc(CNC2CCCCC2O)s1. The van der Waals surface area contributed by atoms with E-state index in [0.29, 0.717) is 0 Å². The van der Waals surface area contributed by atoms with Gasteiger partial charge in [0.1, 0.15) is 0 Å². The van der Waals surface area contributed by atoms with Crippen LogP contribution in [0.1, 0.15) is 30.6 Å². The molecule has 16 heavy (non-hydrogen) atoms. The van der Waals surface area contributed by atoms with Gasteiger partial charge in [0, 0.05) is 17.5 Å². The van der Waals surface area contributed by atoms with Gasteiger partial charge >= 0.3 is 0 Å². The molecule has 2 N–H and O–H groups in total. The van der Waals surface area contributed by atoms with E-state index in [1.165, 1.54) is 11.3 Å². The van der Waals surface area contributed by atoms with Crippen LogP contribution in [0.5, 0.6) is 5.06 Å². The van der Waals surface area contributed by atoms with Gasteiger partial charge in [-0.2, -0.15) is 0 Å². The first kappa shape index (κ1) is 11.9. The fourth-order valence-electron chi connectivity index (χ4n) is 2.14. The van der Waals surface area contributed by atoms with E-state index in [-0.39, 0.29) is 12.1 Å². The minimum absolute atomic E-state index is 0.171. The van der Waals surface area contributed by atoms with Gasteiger partial charge in [0.25, 0.3) is 0 Å². The van der Waals surface area contributed by atoms with Crippen LogP contribution >= 0.6 is 11.3 Å². The van der Waals surface area contributed by atoms with Crippen LogP contribution in [0.2, 0.25) is 0 Å². The van der Waals surface area contributed by atoms with Crippen molar-refractivity contribution in [3.8, 4) is 5.06 Å². The van der Waals surface area contributed by atoms with Gasteiger partial charge in [-0.15, -0.1) is 11.3 Å². The zero-order chi connectivity index (χ0) is 11.4. The van der Waals surface area contributed by atoms with Crippen LogP contribution in [0.3, 0.4) is 0 Å². The quantitative estimate of drug-likeness (QED) is 0.848. The van der Waals surface area contributed by atoms with Gasteiger partial charge in [0.05, 0.1) is 13.2 Å². The third-order valence-corrected chi connectivity index (χ3v) is 4.15. The Morgan fingerprint density at radius 1 is 1.44 bits per heavy atom. The first-order chi connectivity index (χ1) is 7.79. The summed E-state index contributed by atoms with van der Waals surface area (Å²) in [4.78, 5) is 1.26. The molecule has 0 radical (unpaired) electrons. The maximum absolute atomic E-state index is 9.81. The summed E-state index contributed by atoms with van der Waals surface area (Å²) in [6.07, 6.45) is 4.24. The molecule has 2 rings (SSSR count). The molecule has 0 saturated heterocycles. The molecular weight excluding hydrogens is 222 g/mol.